The summed E-state index contributed by atoms with van der Waals surface area (Å²) in [5.74, 6) is -1.41. The Labute approximate surface area is 109 Å². The summed E-state index contributed by atoms with van der Waals surface area (Å²) in [6.07, 6.45) is 0. The van der Waals surface area contributed by atoms with Gasteiger partial charge in [-0.15, -0.1) is 0 Å². The quantitative estimate of drug-likeness (QED) is 0.642. The third-order valence-corrected chi connectivity index (χ3v) is 2.43. The van der Waals surface area contributed by atoms with Gasteiger partial charge in [0.1, 0.15) is 0 Å². The fraction of sp³-hybridized carbons (Fsp3) is 0. The summed E-state index contributed by atoms with van der Waals surface area (Å²) in [4.78, 5) is 11.2. The first kappa shape index (κ1) is 12.6. The molecule has 0 aliphatic heterocycles. The van der Waals surface area contributed by atoms with E-state index in [1.165, 1.54) is 12.1 Å². The average Bonchev–Trinajstić information content (AvgIpc) is 2.42. The highest BCUT2D eigenvalue weighted by Crippen LogP contribution is 2.18. The average molecular weight is 255 g/mol. The first-order valence-electron chi connectivity index (χ1n) is 5.57. The summed E-state index contributed by atoms with van der Waals surface area (Å²) in [5.41, 5.74) is 3.04. The van der Waals surface area contributed by atoms with E-state index in [9.17, 15) is 9.90 Å². The standard InChI is InChI=1S/C14H12N2O3/c17-12-9-5-4-8-11(12)15-16-13(14(18)19)10-6-2-1-3-7-10/h1-9,15,17H,(H,18,19)/p-1/b16-13-. The largest absolute Gasteiger partial charge is 0.871 e. The number of aliphatic carboxylic acids is 1. The highest BCUT2D eigenvalue weighted by Gasteiger charge is 2.11. The molecule has 0 radical (unpaired) electrons. The molecule has 0 aliphatic carbocycles. The van der Waals surface area contributed by atoms with E-state index >= 15 is 0 Å². The molecule has 5 heteroatoms. The molecule has 0 fully saturated rings. The molecule has 0 unspecified atom stereocenters. The summed E-state index contributed by atoms with van der Waals surface area (Å²) < 4.78 is 0. The summed E-state index contributed by atoms with van der Waals surface area (Å²) in [5, 5.41) is 24.4. The van der Waals surface area contributed by atoms with Gasteiger partial charge in [0.05, 0.1) is 0 Å². The van der Waals surface area contributed by atoms with Crippen molar-refractivity contribution in [3.8, 4) is 5.75 Å². The second-order valence-corrected chi connectivity index (χ2v) is 3.74. The zero-order valence-corrected chi connectivity index (χ0v) is 9.91. The predicted octanol–water partition coefficient (Wildman–Crippen LogP) is 1.66. The van der Waals surface area contributed by atoms with Crippen LogP contribution in [0.1, 0.15) is 5.56 Å². The zero-order valence-electron chi connectivity index (χ0n) is 9.91. The van der Waals surface area contributed by atoms with Gasteiger partial charge in [-0.2, -0.15) is 5.10 Å². The van der Waals surface area contributed by atoms with Gasteiger partial charge in [0.2, 0.25) is 0 Å². The number of hydrogen-bond acceptors (Lipinski definition) is 4. The molecular formula is C14H11N2O3-. The van der Waals surface area contributed by atoms with Crippen LogP contribution in [0, 0.1) is 0 Å². The molecule has 0 spiro atoms. The van der Waals surface area contributed by atoms with Crippen molar-refractivity contribution in [3.05, 3.63) is 60.2 Å². The van der Waals surface area contributed by atoms with Crippen LogP contribution in [0.3, 0.4) is 0 Å². The van der Waals surface area contributed by atoms with Crippen LogP contribution < -0.4 is 10.5 Å². The smallest absolute Gasteiger partial charge is 0.356 e. The lowest BCUT2D eigenvalue weighted by Gasteiger charge is -2.12. The second-order valence-electron chi connectivity index (χ2n) is 3.74. The fourth-order valence-corrected chi connectivity index (χ4v) is 1.51. The summed E-state index contributed by atoms with van der Waals surface area (Å²) in [6.45, 7) is 0. The Balaban J connectivity index is 2.29. The van der Waals surface area contributed by atoms with E-state index in [4.69, 9.17) is 5.11 Å². The van der Waals surface area contributed by atoms with Gasteiger partial charge in [0, 0.05) is 11.3 Å². The van der Waals surface area contributed by atoms with Gasteiger partial charge in [-0.3, -0.25) is 5.43 Å². The van der Waals surface area contributed by atoms with E-state index in [1.54, 1.807) is 42.5 Å². The lowest BCUT2D eigenvalue weighted by molar-refractivity contribution is -0.267. The highest BCUT2D eigenvalue weighted by atomic mass is 16.4. The number of nitrogens with one attached hydrogen (secondary N) is 1. The van der Waals surface area contributed by atoms with Crippen molar-refractivity contribution in [1.29, 1.82) is 0 Å². The normalized spacial score (nSPS) is 11.1. The Morgan fingerprint density at radius 2 is 1.68 bits per heavy atom. The summed E-state index contributed by atoms with van der Waals surface area (Å²) in [7, 11) is 0. The number of carboxylic acid groups (broad SMARTS) is 1. The molecule has 0 amide bonds. The first-order chi connectivity index (χ1) is 9.18. The second kappa shape index (κ2) is 5.68. The van der Waals surface area contributed by atoms with Crippen LogP contribution in [-0.2, 0) is 4.79 Å². The Bertz CT molecular complexity index is 609. The van der Waals surface area contributed by atoms with Gasteiger partial charge >= 0.3 is 5.97 Å². The first-order valence-corrected chi connectivity index (χ1v) is 5.57. The number of para-hydroxylation sites is 2. The lowest BCUT2D eigenvalue weighted by atomic mass is 10.1. The van der Waals surface area contributed by atoms with E-state index in [0.717, 1.165) is 0 Å². The van der Waals surface area contributed by atoms with Gasteiger partial charge in [0.25, 0.3) is 0 Å². The Kier molecular flexibility index (Phi) is 3.78. The lowest BCUT2D eigenvalue weighted by Crippen LogP contribution is -2.16. The van der Waals surface area contributed by atoms with Crippen LogP contribution in [0.4, 0.5) is 5.69 Å². The van der Waals surface area contributed by atoms with E-state index in [2.05, 4.69) is 10.5 Å². The van der Waals surface area contributed by atoms with Crippen LogP contribution in [0.2, 0.25) is 0 Å². The summed E-state index contributed by atoms with van der Waals surface area (Å²) >= 11 is 0. The number of nitrogens with zero attached hydrogens (tertiary/aromatic N) is 1. The number of carboxylic acids is 1. The van der Waals surface area contributed by atoms with Crippen LogP contribution in [0.5, 0.6) is 5.75 Å². The number of rotatable bonds is 4. The molecule has 2 aromatic rings. The molecule has 0 aromatic heterocycles. The minimum Gasteiger partial charge on any atom is -0.871 e. The molecule has 2 N–H and O–H groups in total. The molecule has 0 bridgehead atoms. The van der Waals surface area contributed by atoms with Gasteiger partial charge in [0.15, 0.2) is 5.71 Å². The third kappa shape index (κ3) is 3.10. The maximum atomic E-state index is 11.5. The third-order valence-electron chi connectivity index (χ3n) is 2.43. The Morgan fingerprint density at radius 3 is 2.32 bits per heavy atom. The monoisotopic (exact) mass is 255 g/mol. The molecule has 2 aromatic carbocycles. The van der Waals surface area contributed by atoms with Crippen molar-refractivity contribution in [2.75, 3.05) is 5.43 Å². The van der Waals surface area contributed by atoms with E-state index < -0.39 is 5.97 Å². The number of anilines is 1. The number of benzene rings is 2. The number of hydrogen-bond donors (Lipinski definition) is 2. The van der Waals surface area contributed by atoms with Crippen LogP contribution in [-0.4, -0.2) is 16.8 Å². The van der Waals surface area contributed by atoms with Crippen molar-refractivity contribution in [1.82, 2.24) is 0 Å². The van der Waals surface area contributed by atoms with Crippen molar-refractivity contribution in [2.45, 2.75) is 0 Å². The zero-order chi connectivity index (χ0) is 13.7. The van der Waals surface area contributed by atoms with E-state index in [1.807, 2.05) is 0 Å². The van der Waals surface area contributed by atoms with E-state index in [-0.39, 0.29) is 17.1 Å². The molecular weight excluding hydrogens is 244 g/mol. The van der Waals surface area contributed by atoms with Gasteiger partial charge in [-0.25, -0.2) is 4.79 Å². The van der Waals surface area contributed by atoms with E-state index in [0.29, 0.717) is 5.56 Å². The summed E-state index contributed by atoms with van der Waals surface area (Å²) in [6, 6.07) is 14.7. The Hall–Kier alpha value is -2.82. The van der Waals surface area contributed by atoms with Crippen LogP contribution in [0.25, 0.3) is 0 Å². The Morgan fingerprint density at radius 1 is 1.05 bits per heavy atom. The van der Waals surface area contributed by atoms with Gasteiger partial charge in [-0.05, 0) is 6.07 Å². The SMILES string of the molecule is O=C(O)/C(=N\Nc1ccccc1[O-])c1ccccc1. The van der Waals surface area contributed by atoms with Crippen molar-refractivity contribution in [2.24, 2.45) is 5.10 Å². The molecule has 2 rings (SSSR count). The minimum atomic E-state index is -1.16. The van der Waals surface area contributed by atoms with Crippen molar-refractivity contribution in [3.63, 3.8) is 0 Å². The number of carbonyl (C=O) groups is 1. The van der Waals surface area contributed by atoms with Crippen molar-refractivity contribution >= 4 is 17.4 Å². The molecule has 0 saturated heterocycles. The van der Waals surface area contributed by atoms with Gasteiger partial charge < -0.3 is 10.2 Å². The topological polar surface area (TPSA) is 84.8 Å². The molecule has 5 nitrogen and oxygen atoms in total. The molecule has 0 aliphatic rings. The molecule has 19 heavy (non-hydrogen) atoms. The van der Waals surface area contributed by atoms with Crippen LogP contribution >= 0.6 is 0 Å². The van der Waals surface area contributed by atoms with Gasteiger partial charge in [-0.1, -0.05) is 54.3 Å². The molecule has 0 atom stereocenters. The molecule has 0 heterocycles. The van der Waals surface area contributed by atoms with Crippen molar-refractivity contribution < 1.29 is 15.0 Å². The highest BCUT2D eigenvalue weighted by molar-refractivity contribution is 6.42. The maximum Gasteiger partial charge on any atom is 0.356 e. The molecule has 0 saturated carbocycles. The number of hydrazone groups is 1. The maximum absolute atomic E-state index is 11.5. The predicted molar refractivity (Wildman–Crippen MR) is 70.1 cm³/mol. The molecule has 96 valence electrons. The van der Waals surface area contributed by atoms with Crippen LogP contribution in [0.15, 0.2) is 59.7 Å². The minimum absolute atomic E-state index is 0.149. The fourth-order valence-electron chi connectivity index (χ4n) is 1.51.